The lowest BCUT2D eigenvalue weighted by atomic mass is 10.1. The third kappa shape index (κ3) is 3.36. The van der Waals surface area contributed by atoms with Crippen LogP contribution in [0.1, 0.15) is 11.1 Å². The zero-order chi connectivity index (χ0) is 13.8. The predicted octanol–water partition coefficient (Wildman–Crippen LogP) is 3.51. The zero-order valence-corrected chi connectivity index (χ0v) is 10.6. The summed E-state index contributed by atoms with van der Waals surface area (Å²) in [6.07, 6.45) is 0. The molecule has 0 heterocycles. The van der Waals surface area contributed by atoms with Crippen LogP contribution in [0, 0.1) is 17.1 Å². The molecule has 19 heavy (non-hydrogen) atoms. The Kier molecular flexibility index (Phi) is 3.88. The van der Waals surface area contributed by atoms with E-state index < -0.39 is 5.82 Å². The largest absolute Gasteiger partial charge is 0.489 e. The fourth-order valence-electron chi connectivity index (χ4n) is 1.56. The number of hydrogen-bond acceptors (Lipinski definition) is 3. The molecule has 0 saturated carbocycles. The molecule has 0 spiro atoms. The van der Waals surface area contributed by atoms with Gasteiger partial charge in [-0.1, -0.05) is 11.6 Å². The Morgan fingerprint density at radius 3 is 2.74 bits per heavy atom. The highest BCUT2D eigenvalue weighted by atomic mass is 35.5. The fourth-order valence-corrected chi connectivity index (χ4v) is 1.73. The molecule has 0 aliphatic rings. The number of halogens is 2. The summed E-state index contributed by atoms with van der Waals surface area (Å²) in [4.78, 5) is 0. The van der Waals surface area contributed by atoms with Gasteiger partial charge >= 0.3 is 0 Å². The van der Waals surface area contributed by atoms with Crippen molar-refractivity contribution in [2.45, 2.75) is 6.61 Å². The van der Waals surface area contributed by atoms with E-state index in [1.165, 1.54) is 12.1 Å². The number of nitrogens with two attached hydrogens (primary N) is 1. The molecule has 0 atom stereocenters. The van der Waals surface area contributed by atoms with Gasteiger partial charge in [0.2, 0.25) is 0 Å². The van der Waals surface area contributed by atoms with Crippen molar-refractivity contribution >= 4 is 17.3 Å². The van der Waals surface area contributed by atoms with E-state index in [1.807, 2.05) is 6.07 Å². The van der Waals surface area contributed by atoms with Gasteiger partial charge < -0.3 is 10.5 Å². The first kappa shape index (κ1) is 13.2. The van der Waals surface area contributed by atoms with Crippen LogP contribution in [0.2, 0.25) is 5.02 Å². The lowest BCUT2D eigenvalue weighted by molar-refractivity contribution is 0.305. The summed E-state index contributed by atoms with van der Waals surface area (Å²) in [5.74, 6) is 0.0648. The van der Waals surface area contributed by atoms with Gasteiger partial charge in [0.1, 0.15) is 18.2 Å². The molecule has 0 radical (unpaired) electrons. The van der Waals surface area contributed by atoms with Crippen LogP contribution in [0.25, 0.3) is 0 Å². The van der Waals surface area contributed by atoms with Crippen molar-refractivity contribution in [3.05, 3.63) is 58.4 Å². The summed E-state index contributed by atoms with van der Waals surface area (Å²) in [6.45, 7) is 0.146. The smallest absolute Gasteiger partial charge is 0.124 e. The van der Waals surface area contributed by atoms with Gasteiger partial charge in [-0.3, -0.25) is 0 Å². The van der Waals surface area contributed by atoms with Gasteiger partial charge in [-0.05, 0) is 35.9 Å². The van der Waals surface area contributed by atoms with Gasteiger partial charge in [-0.15, -0.1) is 0 Å². The van der Waals surface area contributed by atoms with Crippen molar-refractivity contribution < 1.29 is 9.13 Å². The van der Waals surface area contributed by atoms with E-state index in [-0.39, 0.29) is 12.2 Å². The van der Waals surface area contributed by atoms with Crippen LogP contribution in [-0.2, 0) is 6.61 Å². The first-order valence-electron chi connectivity index (χ1n) is 5.46. The van der Waals surface area contributed by atoms with Gasteiger partial charge in [-0.25, -0.2) is 4.39 Å². The van der Waals surface area contributed by atoms with E-state index in [0.29, 0.717) is 22.0 Å². The molecule has 0 aromatic heterocycles. The number of nitrogen functional groups attached to an aromatic ring is 1. The summed E-state index contributed by atoms with van der Waals surface area (Å²) in [5, 5.41) is 9.15. The van der Waals surface area contributed by atoms with Crippen molar-refractivity contribution in [2.24, 2.45) is 0 Å². The minimum atomic E-state index is -0.465. The van der Waals surface area contributed by atoms with E-state index >= 15 is 0 Å². The van der Waals surface area contributed by atoms with Crippen molar-refractivity contribution in [2.75, 3.05) is 5.73 Å². The number of benzene rings is 2. The van der Waals surface area contributed by atoms with Crippen LogP contribution in [-0.4, -0.2) is 0 Å². The van der Waals surface area contributed by atoms with E-state index in [4.69, 9.17) is 27.3 Å². The predicted molar refractivity (Wildman–Crippen MR) is 71.3 cm³/mol. The monoisotopic (exact) mass is 276 g/mol. The van der Waals surface area contributed by atoms with E-state index in [1.54, 1.807) is 24.3 Å². The third-order valence-corrected chi connectivity index (χ3v) is 2.79. The van der Waals surface area contributed by atoms with Gasteiger partial charge in [-0.2, -0.15) is 5.26 Å². The molecule has 0 fully saturated rings. The van der Waals surface area contributed by atoms with Crippen LogP contribution in [0.5, 0.6) is 5.75 Å². The molecule has 96 valence electrons. The molecule has 0 aliphatic carbocycles. The molecule has 0 aliphatic heterocycles. The first-order valence-corrected chi connectivity index (χ1v) is 5.83. The Morgan fingerprint density at radius 1 is 1.26 bits per heavy atom. The molecule has 0 bridgehead atoms. The third-order valence-electron chi connectivity index (χ3n) is 2.46. The lowest BCUT2D eigenvalue weighted by Crippen LogP contribution is -1.97. The van der Waals surface area contributed by atoms with E-state index in [2.05, 4.69) is 0 Å². The molecule has 2 aromatic carbocycles. The Labute approximate surface area is 115 Å². The SMILES string of the molecule is N#Cc1cc(F)cc(COc2ccc(N)c(Cl)c2)c1. The number of anilines is 1. The summed E-state index contributed by atoms with van der Waals surface area (Å²) in [7, 11) is 0. The Bertz CT molecular complexity index is 652. The number of nitrogens with zero attached hydrogens (tertiary/aromatic N) is 1. The molecule has 5 heteroatoms. The average Bonchev–Trinajstić information content (AvgIpc) is 2.39. The second-order valence-electron chi connectivity index (χ2n) is 3.93. The van der Waals surface area contributed by atoms with Crippen molar-refractivity contribution in [3.8, 4) is 11.8 Å². The molecule has 0 unspecified atom stereocenters. The molecule has 2 rings (SSSR count). The molecule has 3 nitrogen and oxygen atoms in total. The molecular weight excluding hydrogens is 267 g/mol. The maximum atomic E-state index is 13.2. The Morgan fingerprint density at radius 2 is 2.05 bits per heavy atom. The quantitative estimate of drug-likeness (QED) is 0.873. The minimum absolute atomic E-state index is 0.146. The highest BCUT2D eigenvalue weighted by molar-refractivity contribution is 6.33. The van der Waals surface area contributed by atoms with Gasteiger partial charge in [0, 0.05) is 6.07 Å². The highest BCUT2D eigenvalue weighted by Gasteiger charge is 2.03. The molecule has 0 amide bonds. The van der Waals surface area contributed by atoms with Gasteiger partial charge in [0.15, 0.2) is 0 Å². The van der Waals surface area contributed by atoms with Crippen LogP contribution in [0.15, 0.2) is 36.4 Å². The standard InChI is InChI=1S/C14H10ClFN2O/c15-13-6-12(1-2-14(13)18)19-8-10-3-9(7-17)4-11(16)5-10/h1-6H,8,18H2. The topological polar surface area (TPSA) is 59.0 Å². The van der Waals surface area contributed by atoms with Crippen molar-refractivity contribution in [3.63, 3.8) is 0 Å². The number of hydrogen-bond donors (Lipinski definition) is 1. The van der Waals surface area contributed by atoms with E-state index in [0.717, 1.165) is 0 Å². The van der Waals surface area contributed by atoms with Crippen molar-refractivity contribution in [1.29, 1.82) is 5.26 Å². The Balaban J connectivity index is 2.12. The first-order chi connectivity index (χ1) is 9.08. The minimum Gasteiger partial charge on any atom is -0.489 e. The van der Waals surface area contributed by atoms with Crippen LogP contribution < -0.4 is 10.5 Å². The second-order valence-corrected chi connectivity index (χ2v) is 4.34. The summed E-state index contributed by atoms with van der Waals surface area (Å²) < 4.78 is 18.7. The molecule has 0 saturated heterocycles. The lowest BCUT2D eigenvalue weighted by Gasteiger charge is -2.08. The van der Waals surface area contributed by atoms with Gasteiger partial charge in [0.05, 0.1) is 22.3 Å². The molecular formula is C14H10ClFN2O. The van der Waals surface area contributed by atoms with Crippen LogP contribution >= 0.6 is 11.6 Å². The highest BCUT2D eigenvalue weighted by Crippen LogP contribution is 2.24. The normalized spacial score (nSPS) is 9.95. The van der Waals surface area contributed by atoms with Crippen LogP contribution in [0.4, 0.5) is 10.1 Å². The number of ether oxygens (including phenoxy) is 1. The number of nitriles is 1. The zero-order valence-electron chi connectivity index (χ0n) is 9.86. The summed E-state index contributed by atoms with van der Waals surface area (Å²) in [6, 6.07) is 10.8. The summed E-state index contributed by atoms with van der Waals surface area (Å²) >= 11 is 5.86. The van der Waals surface area contributed by atoms with Crippen molar-refractivity contribution in [1.82, 2.24) is 0 Å². The maximum absolute atomic E-state index is 13.2. The maximum Gasteiger partial charge on any atom is 0.124 e. The summed E-state index contributed by atoms with van der Waals surface area (Å²) in [5.41, 5.74) is 6.88. The Hall–Kier alpha value is -2.25. The fraction of sp³-hybridized carbons (Fsp3) is 0.0714. The van der Waals surface area contributed by atoms with Gasteiger partial charge in [0.25, 0.3) is 0 Å². The second kappa shape index (κ2) is 5.59. The number of rotatable bonds is 3. The molecule has 2 N–H and O–H groups in total. The van der Waals surface area contributed by atoms with E-state index in [9.17, 15) is 4.39 Å². The van der Waals surface area contributed by atoms with Crippen LogP contribution in [0.3, 0.4) is 0 Å². The molecule has 2 aromatic rings. The average molecular weight is 277 g/mol.